The Morgan fingerprint density at radius 3 is 1.54 bits per heavy atom. The number of anilines is 3. The summed E-state index contributed by atoms with van der Waals surface area (Å²) in [4.78, 5) is 2.62. The van der Waals surface area contributed by atoms with Gasteiger partial charge in [-0.1, -0.05) is 153 Å². The van der Waals surface area contributed by atoms with Gasteiger partial charge >= 0.3 is 6.85 Å². The van der Waals surface area contributed by atoms with Gasteiger partial charge in [-0.3, -0.25) is 9.47 Å². The fourth-order valence-corrected chi connectivity index (χ4v) is 11.7. The smallest absolute Gasteiger partial charge is 0.335 e. The SMILES string of the molecule is CC(C)(C)c1ccc(N2c3cc(C(C)(C)C)cc4c3B(c3c2n(-c2ccccc2)c2ccccc32)n2c3ccc5c(c6ccccc6n5-c5ccccc5)c3c3cc(C(C)(C)C)cc-4c32)cc1. The van der Waals surface area contributed by atoms with E-state index < -0.39 is 0 Å². The third kappa shape index (κ3) is 5.61. The zero-order chi connectivity index (χ0) is 45.9. The molecule has 8 aromatic carbocycles. The highest BCUT2D eigenvalue weighted by Crippen LogP contribution is 2.51. The van der Waals surface area contributed by atoms with Crippen LogP contribution < -0.4 is 15.8 Å². The average molecular weight is 867 g/mol. The average Bonchev–Trinajstić information content (AvgIpc) is 3.96. The van der Waals surface area contributed by atoms with Crippen molar-refractivity contribution in [3.05, 3.63) is 187 Å². The summed E-state index contributed by atoms with van der Waals surface area (Å²) < 4.78 is 7.78. The van der Waals surface area contributed by atoms with E-state index in [4.69, 9.17) is 0 Å². The van der Waals surface area contributed by atoms with Crippen LogP contribution in [-0.2, 0) is 16.2 Å². The molecule has 0 fully saturated rings. The lowest BCUT2D eigenvalue weighted by Gasteiger charge is -2.41. The molecule has 67 heavy (non-hydrogen) atoms. The quantitative estimate of drug-likeness (QED) is 0.162. The molecule has 5 heteroatoms. The van der Waals surface area contributed by atoms with E-state index in [1.165, 1.54) is 110 Å². The third-order valence-electron chi connectivity index (χ3n) is 15.0. The van der Waals surface area contributed by atoms with Gasteiger partial charge in [0.1, 0.15) is 5.82 Å². The molecule has 0 saturated heterocycles. The van der Waals surface area contributed by atoms with Gasteiger partial charge in [-0.25, -0.2) is 0 Å². The number of aromatic nitrogens is 3. The molecule has 13 rings (SSSR count). The second-order valence-electron chi connectivity index (χ2n) is 22.2. The van der Waals surface area contributed by atoms with Gasteiger partial charge in [-0.15, -0.1) is 0 Å². The molecule has 0 atom stereocenters. The van der Waals surface area contributed by atoms with Crippen molar-refractivity contribution in [2.24, 2.45) is 0 Å². The van der Waals surface area contributed by atoms with Crippen molar-refractivity contribution in [1.29, 1.82) is 0 Å². The van der Waals surface area contributed by atoms with Gasteiger partial charge < -0.3 is 9.05 Å². The summed E-state index contributed by atoms with van der Waals surface area (Å²) in [7, 11) is 0. The van der Waals surface area contributed by atoms with E-state index in [1.807, 2.05) is 0 Å². The van der Waals surface area contributed by atoms with Crippen LogP contribution in [-0.4, -0.2) is 20.5 Å². The van der Waals surface area contributed by atoms with Crippen molar-refractivity contribution in [3.63, 3.8) is 0 Å². The Balaban J connectivity index is 1.26. The van der Waals surface area contributed by atoms with E-state index in [0.29, 0.717) is 0 Å². The molecule has 4 nitrogen and oxygen atoms in total. The monoisotopic (exact) mass is 866 g/mol. The molecule has 0 amide bonds. The van der Waals surface area contributed by atoms with Gasteiger partial charge in [-0.2, -0.15) is 0 Å². The van der Waals surface area contributed by atoms with Crippen LogP contribution in [0.15, 0.2) is 170 Å². The van der Waals surface area contributed by atoms with Crippen LogP contribution in [0, 0.1) is 0 Å². The molecular weight excluding hydrogens is 812 g/mol. The summed E-state index contributed by atoms with van der Waals surface area (Å²) in [5.74, 6) is 1.19. The number of hydrogen-bond donors (Lipinski definition) is 0. The number of fused-ring (bicyclic) bond motifs is 13. The number of hydrogen-bond acceptors (Lipinski definition) is 1. The number of rotatable bonds is 3. The van der Waals surface area contributed by atoms with Crippen molar-refractivity contribution >= 4 is 89.5 Å². The molecule has 0 saturated carbocycles. The molecule has 2 aliphatic rings. The Kier molecular flexibility index (Phi) is 8.18. The second kappa shape index (κ2) is 13.7. The summed E-state index contributed by atoms with van der Waals surface area (Å²) in [5, 5.41) is 6.50. The molecule has 11 aromatic rings. The zero-order valence-electron chi connectivity index (χ0n) is 40.0. The first-order valence-electron chi connectivity index (χ1n) is 24.1. The Morgan fingerprint density at radius 1 is 0.373 bits per heavy atom. The fraction of sp³-hybridized carbons (Fsp3) is 0.194. The maximum absolute atomic E-state index is 2.77. The van der Waals surface area contributed by atoms with E-state index >= 15 is 0 Å². The first kappa shape index (κ1) is 40.1. The van der Waals surface area contributed by atoms with Gasteiger partial charge in [-0.05, 0) is 128 Å². The van der Waals surface area contributed by atoms with Crippen molar-refractivity contribution in [2.45, 2.75) is 78.6 Å². The zero-order valence-corrected chi connectivity index (χ0v) is 40.0. The van der Waals surface area contributed by atoms with E-state index in [9.17, 15) is 0 Å². The minimum atomic E-state index is -0.123. The Bertz CT molecular complexity index is 3840. The first-order chi connectivity index (χ1) is 32.2. The van der Waals surface area contributed by atoms with Gasteiger partial charge in [0, 0.05) is 66.4 Å². The minimum absolute atomic E-state index is 0.0229. The maximum atomic E-state index is 2.77. The van der Waals surface area contributed by atoms with Crippen molar-refractivity contribution in [2.75, 3.05) is 4.90 Å². The predicted octanol–water partition coefficient (Wildman–Crippen LogP) is 15.1. The molecule has 5 heterocycles. The van der Waals surface area contributed by atoms with E-state index in [1.54, 1.807) is 0 Å². The molecule has 2 aliphatic heterocycles. The van der Waals surface area contributed by atoms with Crippen molar-refractivity contribution < 1.29 is 0 Å². The molecule has 0 spiro atoms. The Hall–Kier alpha value is -7.24. The molecule has 0 N–H and O–H groups in total. The van der Waals surface area contributed by atoms with Gasteiger partial charge in [0.25, 0.3) is 0 Å². The van der Waals surface area contributed by atoms with Gasteiger partial charge in [0.15, 0.2) is 0 Å². The Morgan fingerprint density at radius 2 is 0.896 bits per heavy atom. The number of para-hydroxylation sites is 4. The third-order valence-corrected chi connectivity index (χ3v) is 15.0. The minimum Gasteiger partial charge on any atom is -0.375 e. The second-order valence-corrected chi connectivity index (χ2v) is 22.2. The lowest BCUT2D eigenvalue weighted by Crippen LogP contribution is -2.56. The predicted molar refractivity (Wildman–Crippen MR) is 287 cm³/mol. The van der Waals surface area contributed by atoms with E-state index in [-0.39, 0.29) is 23.1 Å². The highest BCUT2D eigenvalue weighted by molar-refractivity contribution is 6.91. The maximum Gasteiger partial charge on any atom is 0.335 e. The molecule has 0 aliphatic carbocycles. The molecule has 0 bridgehead atoms. The highest BCUT2D eigenvalue weighted by Gasteiger charge is 2.47. The molecular formula is C62H55BN4. The van der Waals surface area contributed by atoms with Crippen LogP contribution in [0.1, 0.15) is 79.0 Å². The summed E-state index contributed by atoms with van der Waals surface area (Å²) in [6, 6.07) is 64.5. The van der Waals surface area contributed by atoms with Crippen LogP contribution in [0.3, 0.4) is 0 Å². The number of nitrogens with zero attached hydrogens (tertiary/aromatic N) is 4. The molecule has 3 aromatic heterocycles. The lowest BCUT2D eigenvalue weighted by atomic mass is 9.45. The van der Waals surface area contributed by atoms with Crippen LogP contribution in [0.4, 0.5) is 17.2 Å². The summed E-state index contributed by atoms with van der Waals surface area (Å²) in [6.45, 7) is 21.0. The van der Waals surface area contributed by atoms with Crippen molar-refractivity contribution in [1.82, 2.24) is 13.6 Å². The normalized spacial score (nSPS) is 13.7. The molecule has 0 radical (unpaired) electrons. The highest BCUT2D eigenvalue weighted by atomic mass is 15.3. The Labute approximate surface area is 393 Å². The first-order valence-corrected chi connectivity index (χ1v) is 24.1. The van der Waals surface area contributed by atoms with Crippen LogP contribution in [0.25, 0.3) is 77.0 Å². The lowest BCUT2D eigenvalue weighted by molar-refractivity contribution is 0.589. The molecule has 326 valence electrons. The largest absolute Gasteiger partial charge is 0.375 e. The van der Waals surface area contributed by atoms with Crippen LogP contribution in [0.5, 0.6) is 0 Å². The van der Waals surface area contributed by atoms with Gasteiger partial charge in [0.05, 0.1) is 16.6 Å². The molecule has 0 unspecified atom stereocenters. The standard InChI is InChI=1S/C62H55BN4/c1-60(2,3)38-28-30-43(31-29-38)66-53-37-40(62(7,8)9)34-46-47-35-39(61(4,5)6)36-48-55-52(33-32-51-54(55)44-24-16-18-26-49(44)64(51)41-20-12-10-13-21-41)67(58(47)48)63(56(46)53)57-45-25-17-19-27-50(45)65(59(57)66)42-22-14-11-15-23-42/h10-37H,1-9H3. The fourth-order valence-electron chi connectivity index (χ4n) is 11.7. The van der Waals surface area contributed by atoms with Crippen LogP contribution in [0.2, 0.25) is 0 Å². The summed E-state index contributed by atoms with van der Waals surface area (Å²) >= 11 is 0. The topological polar surface area (TPSA) is 18.0 Å². The number of benzene rings is 8. The van der Waals surface area contributed by atoms with E-state index in [0.717, 1.165) is 11.4 Å². The van der Waals surface area contributed by atoms with Crippen molar-refractivity contribution in [3.8, 4) is 22.5 Å². The van der Waals surface area contributed by atoms with Crippen LogP contribution >= 0.6 is 0 Å². The van der Waals surface area contributed by atoms with E-state index in [2.05, 4.69) is 251 Å². The summed E-state index contributed by atoms with van der Waals surface area (Å²) in [5.41, 5.74) is 20.1. The van der Waals surface area contributed by atoms with Gasteiger partial charge in [0.2, 0.25) is 0 Å². The summed E-state index contributed by atoms with van der Waals surface area (Å²) in [6.07, 6.45) is 0.